The number of hydrogen-bond acceptors (Lipinski definition) is 3. The molecule has 1 fully saturated rings. The van der Waals surface area contributed by atoms with Crippen molar-refractivity contribution in [1.29, 1.82) is 0 Å². The van der Waals surface area contributed by atoms with Gasteiger partial charge in [0.25, 0.3) is 0 Å². The van der Waals surface area contributed by atoms with Crippen LogP contribution in [0.4, 0.5) is 5.69 Å². The van der Waals surface area contributed by atoms with Crippen LogP contribution in [0, 0.1) is 5.92 Å². The summed E-state index contributed by atoms with van der Waals surface area (Å²) in [5.74, 6) is 0.188. The summed E-state index contributed by atoms with van der Waals surface area (Å²) < 4.78 is 0. The van der Waals surface area contributed by atoms with Crippen LogP contribution in [-0.4, -0.2) is 36.9 Å². The molecule has 1 aliphatic heterocycles. The van der Waals surface area contributed by atoms with E-state index in [4.69, 9.17) is 5.73 Å². The summed E-state index contributed by atoms with van der Waals surface area (Å²) in [5, 5.41) is 2.67. The molecule has 0 unspecified atom stereocenters. The Bertz CT molecular complexity index is 494. The number of rotatable bonds is 3. The van der Waals surface area contributed by atoms with Crippen molar-refractivity contribution in [2.75, 3.05) is 25.9 Å². The summed E-state index contributed by atoms with van der Waals surface area (Å²) in [4.78, 5) is 25.6. The number of para-hydroxylation sites is 1. The first kappa shape index (κ1) is 14.4. The third-order valence-corrected chi connectivity index (χ3v) is 3.86. The van der Waals surface area contributed by atoms with Crippen molar-refractivity contribution in [2.24, 2.45) is 5.92 Å². The predicted octanol–water partition coefficient (Wildman–Crippen LogP) is 0.796. The Balaban J connectivity index is 1.89. The van der Waals surface area contributed by atoms with E-state index < -0.39 is 0 Å². The van der Waals surface area contributed by atoms with Gasteiger partial charge in [0.1, 0.15) is 0 Å². The minimum Gasteiger partial charge on any atom is -0.398 e. The van der Waals surface area contributed by atoms with Crippen LogP contribution >= 0.6 is 0 Å². The maximum Gasteiger partial charge on any atom is 0.227 e. The van der Waals surface area contributed by atoms with Crippen molar-refractivity contribution in [1.82, 2.24) is 10.2 Å². The van der Waals surface area contributed by atoms with Gasteiger partial charge in [-0.05, 0) is 24.5 Å². The standard InChI is InChI=1S/C15H21N3O2/c1-17-15(20)11-6-8-18(9-7-11)14(19)10-12-4-2-3-5-13(12)16/h2-5,11H,6-10,16H2,1H3,(H,17,20). The SMILES string of the molecule is CNC(=O)C1CCN(C(=O)Cc2ccccc2N)CC1. The third-order valence-electron chi connectivity index (χ3n) is 3.86. The van der Waals surface area contributed by atoms with Crippen LogP contribution in [0.1, 0.15) is 18.4 Å². The highest BCUT2D eigenvalue weighted by molar-refractivity contribution is 5.81. The maximum atomic E-state index is 12.2. The van der Waals surface area contributed by atoms with Crippen LogP contribution in [-0.2, 0) is 16.0 Å². The van der Waals surface area contributed by atoms with Gasteiger partial charge in [-0.25, -0.2) is 0 Å². The number of nitrogens with zero attached hydrogens (tertiary/aromatic N) is 1. The van der Waals surface area contributed by atoms with E-state index in [1.165, 1.54) is 0 Å². The van der Waals surface area contributed by atoms with Gasteiger partial charge in [-0.3, -0.25) is 9.59 Å². The first-order valence-electron chi connectivity index (χ1n) is 6.94. The minimum absolute atomic E-state index is 0.0332. The molecule has 2 rings (SSSR count). The number of hydrogen-bond donors (Lipinski definition) is 2. The number of carbonyl (C=O) groups is 2. The summed E-state index contributed by atoms with van der Waals surface area (Å²) in [6.45, 7) is 1.29. The summed E-state index contributed by atoms with van der Waals surface area (Å²) in [6, 6.07) is 7.43. The highest BCUT2D eigenvalue weighted by atomic mass is 16.2. The number of amides is 2. The number of carbonyl (C=O) groups excluding carboxylic acids is 2. The number of anilines is 1. The maximum absolute atomic E-state index is 12.2. The van der Waals surface area contributed by atoms with Gasteiger partial charge in [0.15, 0.2) is 0 Å². The summed E-state index contributed by atoms with van der Waals surface area (Å²) in [5.41, 5.74) is 7.37. The molecule has 0 aliphatic carbocycles. The molecule has 1 saturated heterocycles. The second kappa shape index (κ2) is 6.41. The van der Waals surface area contributed by atoms with Crippen LogP contribution in [0.5, 0.6) is 0 Å². The summed E-state index contributed by atoms with van der Waals surface area (Å²) in [6.07, 6.45) is 1.79. The molecule has 1 aliphatic rings. The van der Waals surface area contributed by atoms with Crippen LogP contribution in [0.2, 0.25) is 0 Å². The van der Waals surface area contributed by atoms with E-state index in [9.17, 15) is 9.59 Å². The van der Waals surface area contributed by atoms with E-state index in [1.54, 1.807) is 13.1 Å². The van der Waals surface area contributed by atoms with Crippen LogP contribution in [0.3, 0.4) is 0 Å². The lowest BCUT2D eigenvalue weighted by Gasteiger charge is -2.31. The van der Waals surface area contributed by atoms with Crippen LogP contribution in [0.15, 0.2) is 24.3 Å². The van der Waals surface area contributed by atoms with Gasteiger partial charge >= 0.3 is 0 Å². The molecule has 0 atom stereocenters. The first-order valence-corrected chi connectivity index (χ1v) is 6.94. The third kappa shape index (κ3) is 3.29. The topological polar surface area (TPSA) is 75.4 Å². The first-order chi connectivity index (χ1) is 9.61. The molecule has 5 heteroatoms. The largest absolute Gasteiger partial charge is 0.398 e. The average molecular weight is 275 g/mol. The van der Waals surface area contributed by atoms with Crippen molar-refractivity contribution < 1.29 is 9.59 Å². The zero-order valence-corrected chi connectivity index (χ0v) is 11.8. The van der Waals surface area contributed by atoms with Gasteiger partial charge in [-0.1, -0.05) is 18.2 Å². The molecular weight excluding hydrogens is 254 g/mol. The van der Waals surface area contributed by atoms with Gasteiger partial charge in [-0.2, -0.15) is 0 Å². The lowest BCUT2D eigenvalue weighted by atomic mass is 9.95. The lowest BCUT2D eigenvalue weighted by Crippen LogP contribution is -2.43. The number of benzene rings is 1. The highest BCUT2D eigenvalue weighted by Crippen LogP contribution is 2.19. The van der Waals surface area contributed by atoms with Crippen molar-refractivity contribution >= 4 is 17.5 Å². The monoisotopic (exact) mass is 275 g/mol. The van der Waals surface area contributed by atoms with Crippen molar-refractivity contribution in [2.45, 2.75) is 19.3 Å². The Morgan fingerprint density at radius 1 is 1.30 bits per heavy atom. The summed E-state index contributed by atoms with van der Waals surface area (Å²) in [7, 11) is 1.65. The van der Waals surface area contributed by atoms with Gasteiger partial charge in [0.05, 0.1) is 6.42 Å². The van der Waals surface area contributed by atoms with Crippen LogP contribution < -0.4 is 11.1 Å². The molecular formula is C15H21N3O2. The van der Waals surface area contributed by atoms with E-state index in [1.807, 2.05) is 23.1 Å². The normalized spacial score (nSPS) is 15.9. The zero-order chi connectivity index (χ0) is 14.5. The fourth-order valence-corrected chi connectivity index (χ4v) is 2.57. The molecule has 0 bridgehead atoms. The van der Waals surface area contributed by atoms with E-state index in [-0.39, 0.29) is 17.7 Å². The fourth-order valence-electron chi connectivity index (χ4n) is 2.57. The molecule has 0 aromatic heterocycles. The van der Waals surface area contributed by atoms with Crippen LogP contribution in [0.25, 0.3) is 0 Å². The molecule has 2 amide bonds. The predicted molar refractivity (Wildman–Crippen MR) is 77.9 cm³/mol. The summed E-state index contributed by atoms with van der Waals surface area (Å²) >= 11 is 0. The van der Waals surface area contributed by atoms with E-state index in [0.717, 1.165) is 18.4 Å². The number of nitrogens with two attached hydrogens (primary N) is 1. The molecule has 1 aromatic rings. The minimum atomic E-state index is 0.0332. The van der Waals surface area contributed by atoms with Crippen molar-refractivity contribution in [3.63, 3.8) is 0 Å². The number of nitrogens with one attached hydrogen (secondary N) is 1. The Hall–Kier alpha value is -2.04. The van der Waals surface area contributed by atoms with Gasteiger partial charge in [0.2, 0.25) is 11.8 Å². The number of piperidine rings is 1. The van der Waals surface area contributed by atoms with Gasteiger partial charge in [-0.15, -0.1) is 0 Å². The molecule has 0 radical (unpaired) electrons. The van der Waals surface area contributed by atoms with E-state index >= 15 is 0 Å². The average Bonchev–Trinajstić information content (AvgIpc) is 2.49. The van der Waals surface area contributed by atoms with Gasteiger partial charge < -0.3 is 16.0 Å². The molecule has 0 spiro atoms. The number of likely N-dealkylation sites (tertiary alicyclic amines) is 1. The molecule has 1 heterocycles. The number of nitrogen functional groups attached to an aromatic ring is 1. The van der Waals surface area contributed by atoms with E-state index in [0.29, 0.717) is 25.2 Å². The fraction of sp³-hybridized carbons (Fsp3) is 0.467. The molecule has 20 heavy (non-hydrogen) atoms. The second-order valence-electron chi connectivity index (χ2n) is 5.14. The molecule has 0 saturated carbocycles. The quantitative estimate of drug-likeness (QED) is 0.801. The highest BCUT2D eigenvalue weighted by Gasteiger charge is 2.26. The Labute approximate surface area is 119 Å². The molecule has 5 nitrogen and oxygen atoms in total. The van der Waals surface area contributed by atoms with Crippen molar-refractivity contribution in [3.05, 3.63) is 29.8 Å². The van der Waals surface area contributed by atoms with Crippen molar-refractivity contribution in [3.8, 4) is 0 Å². The molecule has 3 N–H and O–H groups in total. The Morgan fingerprint density at radius 3 is 2.55 bits per heavy atom. The second-order valence-corrected chi connectivity index (χ2v) is 5.14. The Morgan fingerprint density at radius 2 is 1.95 bits per heavy atom. The van der Waals surface area contributed by atoms with E-state index in [2.05, 4.69) is 5.32 Å². The Kier molecular flexibility index (Phi) is 4.61. The smallest absolute Gasteiger partial charge is 0.227 e. The molecule has 108 valence electrons. The lowest BCUT2D eigenvalue weighted by molar-refractivity contribution is -0.134. The zero-order valence-electron chi connectivity index (χ0n) is 11.8. The van der Waals surface area contributed by atoms with Gasteiger partial charge in [0, 0.05) is 31.7 Å². The molecule has 1 aromatic carbocycles.